The van der Waals surface area contributed by atoms with Gasteiger partial charge in [0.1, 0.15) is 0 Å². The van der Waals surface area contributed by atoms with Gasteiger partial charge in [0.15, 0.2) is 0 Å². The Morgan fingerprint density at radius 2 is 1.61 bits per heavy atom. The van der Waals surface area contributed by atoms with Crippen molar-refractivity contribution in [2.45, 2.75) is 71.0 Å². The molecule has 0 aromatic rings. The Kier molecular flexibility index (Phi) is 5.96. The Labute approximate surface area is 108 Å². The fourth-order valence-corrected chi connectivity index (χ4v) is 2.87. The molecule has 1 rings (SSSR count). The Bertz CT molecular complexity index is 230. The topological polar surface area (TPSA) is 26.0 Å². The summed E-state index contributed by atoms with van der Waals surface area (Å²) in [6, 6.07) is 0.0953. The molecule has 1 unspecified atom stereocenters. The van der Waals surface area contributed by atoms with Crippen molar-refractivity contribution < 1.29 is 13.2 Å². The number of hydrogen-bond donors (Lipinski definition) is 1. The average Bonchev–Trinajstić information content (AvgIpc) is 2.27. The van der Waals surface area contributed by atoms with E-state index in [1.165, 1.54) is 0 Å². The molecule has 0 spiro atoms. The maximum Gasteiger partial charge on any atom is 0.391 e. The van der Waals surface area contributed by atoms with E-state index in [1.807, 2.05) is 0 Å². The van der Waals surface area contributed by atoms with E-state index in [9.17, 15) is 13.2 Å². The van der Waals surface area contributed by atoms with Gasteiger partial charge < -0.3 is 5.73 Å². The number of nitrogens with two attached hydrogens (primary N) is 1. The van der Waals surface area contributed by atoms with Crippen molar-refractivity contribution in [1.82, 2.24) is 0 Å². The summed E-state index contributed by atoms with van der Waals surface area (Å²) >= 11 is 0. The number of hydrogen-bond acceptors (Lipinski definition) is 1. The van der Waals surface area contributed by atoms with Gasteiger partial charge in [0.25, 0.3) is 0 Å². The summed E-state index contributed by atoms with van der Waals surface area (Å²) in [6.07, 6.45) is 1.04. The van der Waals surface area contributed by atoms with E-state index >= 15 is 0 Å². The zero-order valence-corrected chi connectivity index (χ0v) is 11.5. The lowest BCUT2D eigenvalue weighted by Crippen LogP contribution is -2.36. The van der Waals surface area contributed by atoms with Crippen molar-refractivity contribution in [3.05, 3.63) is 0 Å². The molecule has 4 heteroatoms. The summed E-state index contributed by atoms with van der Waals surface area (Å²) in [6.45, 7) is 4.36. The van der Waals surface area contributed by atoms with Crippen molar-refractivity contribution >= 4 is 0 Å². The van der Waals surface area contributed by atoms with Crippen LogP contribution in [0.5, 0.6) is 0 Å². The van der Waals surface area contributed by atoms with Crippen molar-refractivity contribution in [3.63, 3.8) is 0 Å². The standard InChI is InChI=1S/C14H26F3N/c1-10(2)4-3-5-13(18)11-6-8-12(9-7-11)14(15,16)17/h10-13H,3-9,18H2,1-2H3. The van der Waals surface area contributed by atoms with Crippen LogP contribution in [-0.4, -0.2) is 12.2 Å². The zero-order chi connectivity index (χ0) is 13.8. The van der Waals surface area contributed by atoms with Gasteiger partial charge >= 0.3 is 6.18 Å². The molecule has 0 aliphatic heterocycles. The second-order valence-corrected chi connectivity index (χ2v) is 6.14. The smallest absolute Gasteiger partial charge is 0.327 e. The van der Waals surface area contributed by atoms with Crippen molar-refractivity contribution in [1.29, 1.82) is 0 Å². The molecular weight excluding hydrogens is 239 g/mol. The summed E-state index contributed by atoms with van der Waals surface area (Å²) in [5.74, 6) is -0.106. The monoisotopic (exact) mass is 265 g/mol. The molecule has 0 heterocycles. The van der Waals surface area contributed by atoms with Gasteiger partial charge in [0.2, 0.25) is 0 Å². The molecule has 1 fully saturated rings. The molecule has 18 heavy (non-hydrogen) atoms. The van der Waals surface area contributed by atoms with E-state index in [-0.39, 0.29) is 18.9 Å². The minimum Gasteiger partial charge on any atom is -0.327 e. The highest BCUT2D eigenvalue weighted by molar-refractivity contribution is 4.82. The molecule has 1 saturated carbocycles. The lowest BCUT2D eigenvalue weighted by molar-refractivity contribution is -0.184. The third-order valence-corrected chi connectivity index (χ3v) is 4.16. The van der Waals surface area contributed by atoms with Crippen molar-refractivity contribution in [2.24, 2.45) is 23.5 Å². The first-order valence-electron chi connectivity index (χ1n) is 7.13. The van der Waals surface area contributed by atoms with E-state index in [0.29, 0.717) is 24.7 Å². The van der Waals surface area contributed by atoms with E-state index < -0.39 is 12.1 Å². The molecule has 0 saturated heterocycles. The third kappa shape index (κ3) is 5.17. The summed E-state index contributed by atoms with van der Waals surface area (Å²) < 4.78 is 37.6. The third-order valence-electron chi connectivity index (χ3n) is 4.16. The molecule has 1 aliphatic rings. The Morgan fingerprint density at radius 1 is 1.06 bits per heavy atom. The number of rotatable bonds is 5. The Hall–Kier alpha value is -0.250. The first kappa shape index (κ1) is 15.8. The number of alkyl halides is 3. The predicted octanol–water partition coefficient (Wildman–Crippen LogP) is 4.51. The first-order valence-corrected chi connectivity index (χ1v) is 7.13. The van der Waals surface area contributed by atoms with Gasteiger partial charge in [0.05, 0.1) is 5.92 Å². The maximum atomic E-state index is 12.5. The van der Waals surface area contributed by atoms with Gasteiger partial charge in [-0.15, -0.1) is 0 Å². The predicted molar refractivity (Wildman–Crippen MR) is 68.2 cm³/mol. The van der Waals surface area contributed by atoms with Crippen LogP contribution in [0.3, 0.4) is 0 Å². The summed E-state index contributed by atoms with van der Waals surface area (Å²) in [5, 5.41) is 0. The molecule has 1 nitrogen and oxygen atoms in total. The van der Waals surface area contributed by atoms with Gasteiger partial charge in [-0.05, 0) is 43.9 Å². The molecule has 0 aromatic heterocycles. The highest BCUT2D eigenvalue weighted by Crippen LogP contribution is 2.40. The van der Waals surface area contributed by atoms with Crippen LogP contribution in [-0.2, 0) is 0 Å². The lowest BCUT2D eigenvalue weighted by atomic mass is 9.77. The highest BCUT2D eigenvalue weighted by Gasteiger charge is 2.41. The molecule has 0 bridgehead atoms. The van der Waals surface area contributed by atoms with E-state index in [4.69, 9.17) is 5.73 Å². The maximum absolute atomic E-state index is 12.5. The molecule has 108 valence electrons. The fraction of sp³-hybridized carbons (Fsp3) is 1.00. The van der Waals surface area contributed by atoms with E-state index in [0.717, 1.165) is 19.3 Å². The Morgan fingerprint density at radius 3 is 2.06 bits per heavy atom. The molecule has 2 N–H and O–H groups in total. The van der Waals surface area contributed by atoms with Crippen LogP contribution >= 0.6 is 0 Å². The molecule has 1 aliphatic carbocycles. The van der Waals surface area contributed by atoms with Crippen LogP contribution in [0.2, 0.25) is 0 Å². The van der Waals surface area contributed by atoms with Gasteiger partial charge in [-0.3, -0.25) is 0 Å². The Balaban J connectivity index is 2.25. The van der Waals surface area contributed by atoms with Crippen molar-refractivity contribution in [2.75, 3.05) is 0 Å². The minimum atomic E-state index is -4.01. The normalized spacial score (nSPS) is 27.5. The molecule has 0 aromatic carbocycles. The van der Waals surface area contributed by atoms with Crippen LogP contribution < -0.4 is 5.73 Å². The van der Waals surface area contributed by atoms with Gasteiger partial charge in [0, 0.05) is 6.04 Å². The van der Waals surface area contributed by atoms with Crippen LogP contribution in [0.1, 0.15) is 58.8 Å². The fourth-order valence-electron chi connectivity index (χ4n) is 2.87. The largest absolute Gasteiger partial charge is 0.391 e. The van der Waals surface area contributed by atoms with Crippen LogP contribution in [0.4, 0.5) is 13.2 Å². The lowest BCUT2D eigenvalue weighted by Gasteiger charge is -2.33. The van der Waals surface area contributed by atoms with Crippen LogP contribution in [0.25, 0.3) is 0 Å². The zero-order valence-electron chi connectivity index (χ0n) is 11.5. The van der Waals surface area contributed by atoms with Crippen LogP contribution in [0.15, 0.2) is 0 Å². The second kappa shape index (κ2) is 6.78. The molecular formula is C14H26F3N. The quantitative estimate of drug-likeness (QED) is 0.777. The minimum absolute atomic E-state index is 0.0953. The first-order chi connectivity index (χ1) is 8.30. The molecule has 1 atom stereocenters. The highest BCUT2D eigenvalue weighted by atomic mass is 19.4. The summed E-state index contributed by atoms with van der Waals surface area (Å²) in [7, 11) is 0. The summed E-state index contributed by atoms with van der Waals surface area (Å²) in [5.41, 5.74) is 6.11. The average molecular weight is 265 g/mol. The SMILES string of the molecule is CC(C)CCCC(N)C1CCC(C(F)(F)F)CC1. The summed E-state index contributed by atoms with van der Waals surface area (Å²) in [4.78, 5) is 0. The van der Waals surface area contributed by atoms with E-state index in [2.05, 4.69) is 13.8 Å². The van der Waals surface area contributed by atoms with Gasteiger partial charge in [-0.2, -0.15) is 13.2 Å². The molecule has 0 radical (unpaired) electrons. The van der Waals surface area contributed by atoms with Gasteiger partial charge in [-0.1, -0.05) is 26.7 Å². The van der Waals surface area contributed by atoms with Crippen molar-refractivity contribution in [3.8, 4) is 0 Å². The number of halogens is 3. The second-order valence-electron chi connectivity index (χ2n) is 6.14. The van der Waals surface area contributed by atoms with Gasteiger partial charge in [-0.25, -0.2) is 0 Å². The van der Waals surface area contributed by atoms with E-state index in [1.54, 1.807) is 0 Å². The van der Waals surface area contributed by atoms with Crippen LogP contribution in [0, 0.1) is 17.8 Å². The molecule has 0 amide bonds.